The Bertz CT molecular complexity index is 483. The van der Waals surface area contributed by atoms with Crippen molar-refractivity contribution in [1.82, 2.24) is 0 Å². The van der Waals surface area contributed by atoms with Gasteiger partial charge in [-0.1, -0.05) is 59.6 Å². The van der Waals surface area contributed by atoms with E-state index in [1.807, 2.05) is 19.1 Å². The van der Waals surface area contributed by atoms with Gasteiger partial charge in [0, 0.05) is 0 Å². The number of rotatable bonds is 6. The van der Waals surface area contributed by atoms with Gasteiger partial charge in [-0.05, 0) is 36.0 Å². The Labute approximate surface area is 139 Å². The van der Waals surface area contributed by atoms with Crippen molar-refractivity contribution in [3.63, 3.8) is 0 Å². The van der Waals surface area contributed by atoms with Gasteiger partial charge in [-0.15, -0.1) is 0 Å². The molecule has 2 N–H and O–H groups in total. The minimum Gasteiger partial charge on any atom is -0.481 e. The molecule has 130 valence electrons. The predicted octanol–water partition coefficient (Wildman–Crippen LogP) is 4.97. The summed E-state index contributed by atoms with van der Waals surface area (Å²) in [6.07, 6.45) is 3.71. The number of benzene rings is 1. The van der Waals surface area contributed by atoms with Crippen molar-refractivity contribution in [2.24, 2.45) is 5.92 Å². The fourth-order valence-electron chi connectivity index (χ4n) is 2.07. The summed E-state index contributed by atoms with van der Waals surface area (Å²) < 4.78 is 0. The zero-order valence-electron chi connectivity index (χ0n) is 14.9. The van der Waals surface area contributed by atoms with Crippen molar-refractivity contribution in [2.75, 3.05) is 0 Å². The average molecular weight is 322 g/mol. The second-order valence-corrected chi connectivity index (χ2v) is 6.72. The highest BCUT2D eigenvalue weighted by Crippen LogP contribution is 2.22. The molecule has 0 amide bonds. The summed E-state index contributed by atoms with van der Waals surface area (Å²) in [6, 6.07) is 7.01. The standard InChI is InChI=1S/C11H14O2.C8H16O2/c1-11(2,3)9-6-4-8(5-7-9)10(12)13;1-3-5-6-7(4-2)8(9)10/h4-7H,1-3H3,(H,12,13);7H,3-6H2,1-2H3,(H,9,10). The van der Waals surface area contributed by atoms with Crippen LogP contribution < -0.4 is 0 Å². The van der Waals surface area contributed by atoms with Crippen LogP contribution in [0.2, 0.25) is 0 Å². The zero-order chi connectivity index (χ0) is 18.0. The molecule has 0 aliphatic rings. The molecule has 0 heterocycles. The van der Waals surface area contributed by atoms with Crippen LogP contribution in [0.4, 0.5) is 0 Å². The monoisotopic (exact) mass is 322 g/mol. The number of hydrogen-bond acceptors (Lipinski definition) is 2. The van der Waals surface area contributed by atoms with E-state index in [0.29, 0.717) is 5.56 Å². The molecule has 1 atom stereocenters. The Morgan fingerprint density at radius 1 is 1.04 bits per heavy atom. The number of carboxylic acid groups (broad SMARTS) is 2. The maximum atomic E-state index is 10.6. The van der Waals surface area contributed by atoms with Gasteiger partial charge in [0.15, 0.2) is 0 Å². The molecular weight excluding hydrogens is 292 g/mol. The first-order chi connectivity index (χ1) is 10.6. The van der Waals surface area contributed by atoms with Gasteiger partial charge in [0.2, 0.25) is 0 Å². The smallest absolute Gasteiger partial charge is 0.335 e. The van der Waals surface area contributed by atoms with Crippen LogP contribution in [-0.4, -0.2) is 22.2 Å². The summed E-state index contributed by atoms with van der Waals surface area (Å²) in [5, 5.41) is 17.3. The molecule has 0 radical (unpaired) electrons. The van der Waals surface area contributed by atoms with Crippen LogP contribution in [0.25, 0.3) is 0 Å². The van der Waals surface area contributed by atoms with Crippen LogP contribution in [0.5, 0.6) is 0 Å². The molecule has 0 aliphatic carbocycles. The molecule has 1 rings (SSSR count). The SMILES string of the molecule is CC(C)(C)c1ccc(C(=O)O)cc1.CCCCC(CC)C(=O)O. The van der Waals surface area contributed by atoms with Crippen LogP contribution in [0.15, 0.2) is 24.3 Å². The molecule has 23 heavy (non-hydrogen) atoms. The fourth-order valence-corrected chi connectivity index (χ4v) is 2.07. The van der Waals surface area contributed by atoms with E-state index in [2.05, 4.69) is 27.7 Å². The van der Waals surface area contributed by atoms with E-state index in [9.17, 15) is 9.59 Å². The van der Waals surface area contributed by atoms with Crippen molar-refractivity contribution >= 4 is 11.9 Å². The van der Waals surface area contributed by atoms with E-state index in [1.54, 1.807) is 12.1 Å². The third kappa shape index (κ3) is 8.38. The first kappa shape index (κ1) is 21.2. The third-order valence-corrected chi connectivity index (χ3v) is 3.75. The van der Waals surface area contributed by atoms with Gasteiger partial charge < -0.3 is 10.2 Å². The molecule has 4 nitrogen and oxygen atoms in total. The second-order valence-electron chi connectivity index (χ2n) is 6.72. The van der Waals surface area contributed by atoms with Gasteiger partial charge in [0.25, 0.3) is 0 Å². The van der Waals surface area contributed by atoms with Crippen molar-refractivity contribution in [1.29, 1.82) is 0 Å². The average Bonchev–Trinajstić information content (AvgIpc) is 2.47. The number of carboxylic acids is 2. The lowest BCUT2D eigenvalue weighted by Gasteiger charge is -2.18. The Balaban J connectivity index is 0.000000438. The second kappa shape index (κ2) is 10.0. The number of aromatic carboxylic acids is 1. The zero-order valence-corrected chi connectivity index (χ0v) is 14.9. The largest absolute Gasteiger partial charge is 0.481 e. The molecule has 1 aromatic rings. The Morgan fingerprint density at radius 2 is 1.57 bits per heavy atom. The Hall–Kier alpha value is -1.84. The molecule has 0 aromatic heterocycles. The predicted molar refractivity (Wildman–Crippen MR) is 93.0 cm³/mol. The fraction of sp³-hybridized carbons (Fsp3) is 0.579. The highest BCUT2D eigenvalue weighted by molar-refractivity contribution is 5.87. The summed E-state index contributed by atoms with van der Waals surface area (Å²) >= 11 is 0. The van der Waals surface area contributed by atoms with Crippen molar-refractivity contribution in [3.05, 3.63) is 35.4 Å². The van der Waals surface area contributed by atoms with Gasteiger partial charge in [0.05, 0.1) is 11.5 Å². The quantitative estimate of drug-likeness (QED) is 0.775. The summed E-state index contributed by atoms with van der Waals surface area (Å²) in [7, 11) is 0. The highest BCUT2D eigenvalue weighted by Gasteiger charge is 2.14. The summed E-state index contributed by atoms with van der Waals surface area (Å²) in [5.74, 6) is -1.63. The first-order valence-corrected chi connectivity index (χ1v) is 8.20. The van der Waals surface area contributed by atoms with Gasteiger partial charge >= 0.3 is 11.9 Å². The van der Waals surface area contributed by atoms with E-state index in [4.69, 9.17) is 10.2 Å². The molecule has 0 aliphatic heterocycles. The number of hydrogen-bond donors (Lipinski definition) is 2. The lowest BCUT2D eigenvalue weighted by molar-refractivity contribution is -0.142. The molecule has 1 aromatic carbocycles. The number of aliphatic carboxylic acids is 1. The van der Waals surface area contributed by atoms with Crippen molar-refractivity contribution < 1.29 is 19.8 Å². The van der Waals surface area contributed by atoms with Crippen molar-refractivity contribution in [3.8, 4) is 0 Å². The molecule has 1 unspecified atom stereocenters. The van der Waals surface area contributed by atoms with E-state index < -0.39 is 11.9 Å². The molecule has 0 saturated carbocycles. The molecule has 0 saturated heterocycles. The van der Waals surface area contributed by atoms with Crippen LogP contribution in [0.1, 0.15) is 76.2 Å². The Morgan fingerprint density at radius 3 is 1.87 bits per heavy atom. The van der Waals surface area contributed by atoms with Crippen LogP contribution in [0, 0.1) is 5.92 Å². The minimum absolute atomic E-state index is 0.0804. The van der Waals surface area contributed by atoms with Crippen LogP contribution in [0.3, 0.4) is 0 Å². The van der Waals surface area contributed by atoms with E-state index in [0.717, 1.165) is 31.2 Å². The van der Waals surface area contributed by atoms with E-state index >= 15 is 0 Å². The topological polar surface area (TPSA) is 74.6 Å². The number of unbranched alkanes of at least 4 members (excludes halogenated alkanes) is 1. The normalized spacial score (nSPS) is 12.0. The lowest BCUT2D eigenvalue weighted by atomic mass is 9.87. The van der Waals surface area contributed by atoms with E-state index in [1.165, 1.54) is 0 Å². The first-order valence-electron chi connectivity index (χ1n) is 8.20. The maximum absolute atomic E-state index is 10.6. The number of carbonyl (C=O) groups is 2. The van der Waals surface area contributed by atoms with Crippen LogP contribution >= 0.6 is 0 Å². The molecule has 0 bridgehead atoms. The van der Waals surface area contributed by atoms with Gasteiger partial charge in [-0.3, -0.25) is 4.79 Å². The third-order valence-electron chi connectivity index (χ3n) is 3.75. The minimum atomic E-state index is -0.875. The molecule has 4 heteroatoms. The molecule has 0 fully saturated rings. The van der Waals surface area contributed by atoms with Gasteiger partial charge in [-0.2, -0.15) is 0 Å². The lowest BCUT2D eigenvalue weighted by Crippen LogP contribution is -2.11. The molecule has 0 spiro atoms. The molecular formula is C19H30O4. The van der Waals surface area contributed by atoms with Gasteiger partial charge in [-0.25, -0.2) is 4.79 Å². The summed E-state index contributed by atoms with van der Waals surface area (Å²) in [4.78, 5) is 21.0. The highest BCUT2D eigenvalue weighted by atomic mass is 16.4. The van der Waals surface area contributed by atoms with Gasteiger partial charge in [0.1, 0.15) is 0 Å². The van der Waals surface area contributed by atoms with E-state index in [-0.39, 0.29) is 11.3 Å². The maximum Gasteiger partial charge on any atom is 0.335 e. The summed E-state index contributed by atoms with van der Waals surface area (Å²) in [5.41, 5.74) is 1.57. The summed E-state index contributed by atoms with van der Waals surface area (Å²) in [6.45, 7) is 10.3. The van der Waals surface area contributed by atoms with Crippen molar-refractivity contribution in [2.45, 2.75) is 65.7 Å². The Kier molecular flexibility index (Phi) is 9.23. The van der Waals surface area contributed by atoms with Crippen LogP contribution in [-0.2, 0) is 10.2 Å².